The number of hydrogen-bond donors (Lipinski definition) is 1. The fourth-order valence-corrected chi connectivity index (χ4v) is 4.08. The maximum atomic E-state index is 9.74. The first-order valence-corrected chi connectivity index (χ1v) is 7.33. The second kappa shape index (κ2) is 4.12. The highest BCUT2D eigenvalue weighted by molar-refractivity contribution is 5.43. The summed E-state index contributed by atoms with van der Waals surface area (Å²) in [7, 11) is 1.54. The van der Waals surface area contributed by atoms with Crippen molar-refractivity contribution in [2.75, 3.05) is 13.7 Å². The van der Waals surface area contributed by atoms with Crippen molar-refractivity contribution in [2.45, 2.75) is 37.9 Å². The third-order valence-electron chi connectivity index (χ3n) is 5.06. The fraction of sp³-hybridized carbons (Fsp3) is 0.625. The van der Waals surface area contributed by atoms with E-state index in [9.17, 15) is 5.11 Å². The minimum absolute atomic E-state index is 0.0978. The molecule has 1 aromatic carbocycles. The van der Waals surface area contributed by atoms with Crippen LogP contribution in [0.15, 0.2) is 18.2 Å². The molecule has 5 heteroatoms. The van der Waals surface area contributed by atoms with E-state index in [2.05, 4.69) is 0 Å². The Kier molecular flexibility index (Phi) is 2.62. The Labute approximate surface area is 123 Å². The summed E-state index contributed by atoms with van der Waals surface area (Å²) in [5.41, 5.74) is 0.987. The molecule has 0 spiro atoms. The smallest absolute Gasteiger partial charge is 0.173 e. The molecule has 1 N–H and O–H groups in total. The quantitative estimate of drug-likeness (QED) is 0.908. The minimum Gasteiger partial charge on any atom is -0.504 e. The van der Waals surface area contributed by atoms with E-state index in [0.29, 0.717) is 18.3 Å². The average Bonchev–Trinajstić information content (AvgIpc) is 2.81. The van der Waals surface area contributed by atoms with E-state index in [4.69, 9.17) is 18.9 Å². The summed E-state index contributed by atoms with van der Waals surface area (Å²) in [5.74, 6) is 0.0928. The summed E-state index contributed by atoms with van der Waals surface area (Å²) in [4.78, 5) is 0. The third kappa shape index (κ3) is 1.81. The lowest BCUT2D eigenvalue weighted by molar-refractivity contribution is -0.320. The van der Waals surface area contributed by atoms with Crippen LogP contribution in [-0.2, 0) is 14.2 Å². The number of aromatic hydroxyl groups is 1. The van der Waals surface area contributed by atoms with Crippen LogP contribution in [0.4, 0.5) is 0 Å². The van der Waals surface area contributed by atoms with Gasteiger partial charge in [0.2, 0.25) is 0 Å². The van der Waals surface area contributed by atoms with Gasteiger partial charge in [-0.2, -0.15) is 0 Å². The SMILES string of the molecule is COc1cc([C@@H]2O[C@]3(C)O[C@@]4(C)C[C@@H]3[C@@H]2CO4)ccc1O. The number of rotatable bonds is 2. The van der Waals surface area contributed by atoms with Gasteiger partial charge in [-0.3, -0.25) is 0 Å². The fourth-order valence-electron chi connectivity index (χ4n) is 4.08. The van der Waals surface area contributed by atoms with Crippen molar-refractivity contribution in [2.24, 2.45) is 11.8 Å². The van der Waals surface area contributed by atoms with Crippen molar-refractivity contribution in [1.29, 1.82) is 0 Å². The molecule has 5 atom stereocenters. The van der Waals surface area contributed by atoms with Crippen molar-refractivity contribution >= 4 is 0 Å². The molecule has 0 radical (unpaired) electrons. The van der Waals surface area contributed by atoms with Crippen molar-refractivity contribution in [1.82, 2.24) is 0 Å². The summed E-state index contributed by atoms with van der Waals surface area (Å²) in [6, 6.07) is 5.35. The zero-order valence-corrected chi connectivity index (χ0v) is 12.5. The molecule has 3 aliphatic rings. The molecule has 0 aromatic heterocycles. The van der Waals surface area contributed by atoms with Gasteiger partial charge in [-0.1, -0.05) is 6.07 Å². The Morgan fingerprint density at radius 2 is 2.14 bits per heavy atom. The molecule has 3 saturated heterocycles. The van der Waals surface area contributed by atoms with Crippen molar-refractivity contribution in [3.05, 3.63) is 23.8 Å². The van der Waals surface area contributed by atoms with Crippen LogP contribution in [0.5, 0.6) is 11.5 Å². The predicted octanol–water partition coefficient (Wildman–Crippen LogP) is 2.59. The van der Waals surface area contributed by atoms with E-state index in [-0.39, 0.29) is 17.8 Å². The number of hydrogen-bond acceptors (Lipinski definition) is 5. The molecule has 5 nitrogen and oxygen atoms in total. The molecule has 2 bridgehead atoms. The normalized spacial score (nSPS) is 44.0. The highest BCUT2D eigenvalue weighted by atomic mass is 16.8. The van der Waals surface area contributed by atoms with Gasteiger partial charge in [0.1, 0.15) is 0 Å². The zero-order chi connectivity index (χ0) is 14.8. The van der Waals surface area contributed by atoms with E-state index in [0.717, 1.165) is 12.0 Å². The molecule has 0 aliphatic carbocycles. The summed E-state index contributed by atoms with van der Waals surface area (Å²) >= 11 is 0. The van der Waals surface area contributed by atoms with Gasteiger partial charge in [0, 0.05) is 18.3 Å². The topological polar surface area (TPSA) is 57.2 Å². The molecule has 3 fully saturated rings. The molecule has 3 heterocycles. The van der Waals surface area contributed by atoms with E-state index in [1.807, 2.05) is 26.0 Å². The molecule has 1 aromatic rings. The third-order valence-corrected chi connectivity index (χ3v) is 5.06. The van der Waals surface area contributed by atoms with Crippen LogP contribution < -0.4 is 4.74 Å². The van der Waals surface area contributed by atoms with Crippen LogP contribution in [0.1, 0.15) is 31.9 Å². The van der Waals surface area contributed by atoms with Gasteiger partial charge in [0.25, 0.3) is 0 Å². The highest BCUT2D eigenvalue weighted by Crippen LogP contribution is 2.60. The monoisotopic (exact) mass is 292 g/mol. The first-order chi connectivity index (χ1) is 9.94. The van der Waals surface area contributed by atoms with Crippen LogP contribution in [0.25, 0.3) is 0 Å². The first-order valence-electron chi connectivity index (χ1n) is 7.33. The van der Waals surface area contributed by atoms with E-state index in [1.165, 1.54) is 0 Å². The van der Waals surface area contributed by atoms with Crippen LogP contribution in [0.3, 0.4) is 0 Å². The van der Waals surface area contributed by atoms with Gasteiger partial charge in [-0.15, -0.1) is 0 Å². The lowest BCUT2D eigenvalue weighted by Crippen LogP contribution is -2.38. The minimum atomic E-state index is -0.592. The Morgan fingerprint density at radius 1 is 1.33 bits per heavy atom. The van der Waals surface area contributed by atoms with E-state index >= 15 is 0 Å². The first kappa shape index (κ1) is 13.4. The van der Waals surface area contributed by atoms with Crippen LogP contribution in [-0.4, -0.2) is 30.4 Å². The zero-order valence-electron chi connectivity index (χ0n) is 12.5. The van der Waals surface area contributed by atoms with Crippen LogP contribution >= 0.6 is 0 Å². The largest absolute Gasteiger partial charge is 0.504 e. The lowest BCUT2D eigenvalue weighted by atomic mass is 9.80. The van der Waals surface area contributed by atoms with E-state index in [1.54, 1.807) is 13.2 Å². The molecule has 114 valence electrons. The maximum absolute atomic E-state index is 9.74. The molecule has 0 unspecified atom stereocenters. The highest BCUT2D eigenvalue weighted by Gasteiger charge is 2.65. The number of benzene rings is 1. The number of phenols is 1. The summed E-state index contributed by atoms with van der Waals surface area (Å²) in [6.07, 6.45) is 0.763. The number of fused-ring (bicyclic) bond motifs is 1. The van der Waals surface area contributed by atoms with Crippen molar-refractivity contribution in [3.8, 4) is 11.5 Å². The number of methoxy groups -OCH3 is 1. The van der Waals surface area contributed by atoms with Gasteiger partial charge in [-0.05, 0) is 31.5 Å². The van der Waals surface area contributed by atoms with Crippen molar-refractivity contribution < 1.29 is 24.1 Å². The standard InChI is InChI=1S/C16H20O5/c1-15-7-11-10(8-19-15)14(20-16(11,2)21-15)9-4-5-12(17)13(6-9)18-3/h4-6,10-11,14,17H,7-8H2,1-3H3/t10-,11+,14-,15-,16+/m0/s1. The second-order valence-corrected chi connectivity index (χ2v) is 6.51. The molecule has 21 heavy (non-hydrogen) atoms. The molecule has 0 amide bonds. The maximum Gasteiger partial charge on any atom is 0.173 e. The van der Waals surface area contributed by atoms with Gasteiger partial charge in [0.05, 0.1) is 19.8 Å². The Balaban J connectivity index is 1.69. The molecular formula is C16H20O5. The van der Waals surface area contributed by atoms with Crippen LogP contribution in [0.2, 0.25) is 0 Å². The summed E-state index contributed by atoms with van der Waals surface area (Å²) in [5, 5.41) is 9.74. The molecule has 0 saturated carbocycles. The number of phenolic OH excluding ortho intramolecular Hbond substituents is 1. The van der Waals surface area contributed by atoms with Crippen LogP contribution in [0, 0.1) is 11.8 Å². The Morgan fingerprint density at radius 3 is 2.90 bits per heavy atom. The van der Waals surface area contributed by atoms with Gasteiger partial charge < -0.3 is 24.1 Å². The Bertz CT molecular complexity index is 588. The number of ether oxygens (including phenoxy) is 4. The summed E-state index contributed by atoms with van der Waals surface area (Å²) in [6.45, 7) is 4.61. The van der Waals surface area contributed by atoms with Gasteiger partial charge >= 0.3 is 0 Å². The second-order valence-electron chi connectivity index (χ2n) is 6.51. The molecule has 4 rings (SSSR count). The van der Waals surface area contributed by atoms with Crippen molar-refractivity contribution in [3.63, 3.8) is 0 Å². The summed E-state index contributed by atoms with van der Waals surface area (Å²) < 4.78 is 23.4. The molecule has 3 aliphatic heterocycles. The lowest BCUT2D eigenvalue weighted by Gasteiger charge is -2.35. The average molecular weight is 292 g/mol. The van der Waals surface area contributed by atoms with Gasteiger partial charge in [-0.25, -0.2) is 0 Å². The predicted molar refractivity (Wildman–Crippen MR) is 73.9 cm³/mol. The van der Waals surface area contributed by atoms with E-state index < -0.39 is 11.6 Å². The Hall–Kier alpha value is -1.30. The molecular weight excluding hydrogens is 272 g/mol. The van der Waals surface area contributed by atoms with Gasteiger partial charge in [0.15, 0.2) is 23.1 Å².